The molecule has 324 valence electrons. The van der Waals surface area contributed by atoms with E-state index in [4.69, 9.17) is 15.0 Å². The van der Waals surface area contributed by atoms with E-state index in [1.807, 2.05) is 42.6 Å². The molecule has 6 nitrogen and oxygen atoms in total. The Kier molecular flexibility index (Phi) is 9.72. The number of anilines is 3. The molecule has 0 atom stereocenters. The van der Waals surface area contributed by atoms with Crippen LogP contribution in [-0.2, 0) is 0 Å². The molecule has 0 saturated carbocycles. The van der Waals surface area contributed by atoms with Gasteiger partial charge in [-0.05, 0) is 97.1 Å². The standard InChI is InChI=1S/C63H42N6/c1-5-19-43(20-6-1)57-41-58(66-63(65-57)44-21-7-2-8-22-44)45-33-35-56(64-42-45)46-37-50(68-59-30-16-13-27-52(59)53-28-14-17-31-60(53)68)39-51(38-46)69-61-32-18-15-29-54(61)55-40-49(34-36-62(55)69)67(47-23-9-3-10-24-47)48-25-11-4-12-26-48/h1-42H. The molecule has 4 aromatic heterocycles. The average Bonchev–Trinajstić information content (AvgIpc) is 3.95. The molecule has 69 heavy (non-hydrogen) atoms. The predicted molar refractivity (Wildman–Crippen MR) is 285 cm³/mol. The Balaban J connectivity index is 1.00. The number of para-hydroxylation sites is 5. The fraction of sp³-hybridized carbons (Fsp3) is 0. The van der Waals surface area contributed by atoms with Crippen molar-refractivity contribution in [1.29, 1.82) is 0 Å². The minimum absolute atomic E-state index is 0.672. The maximum atomic E-state index is 5.23. The summed E-state index contributed by atoms with van der Waals surface area (Å²) in [5.74, 6) is 0.672. The minimum atomic E-state index is 0.672. The largest absolute Gasteiger partial charge is 0.310 e. The maximum Gasteiger partial charge on any atom is 0.160 e. The van der Waals surface area contributed by atoms with Crippen molar-refractivity contribution in [2.24, 2.45) is 0 Å². The normalized spacial score (nSPS) is 11.5. The number of rotatable bonds is 9. The van der Waals surface area contributed by atoms with Gasteiger partial charge in [0.05, 0.1) is 39.1 Å². The fourth-order valence-electron chi connectivity index (χ4n) is 9.97. The molecule has 0 radical (unpaired) electrons. The van der Waals surface area contributed by atoms with Crippen LogP contribution in [0.3, 0.4) is 0 Å². The van der Waals surface area contributed by atoms with Gasteiger partial charge < -0.3 is 14.0 Å². The number of fused-ring (bicyclic) bond motifs is 6. The van der Waals surface area contributed by atoms with Crippen molar-refractivity contribution in [1.82, 2.24) is 24.1 Å². The Labute approximate surface area is 399 Å². The first-order valence-corrected chi connectivity index (χ1v) is 23.3. The quantitative estimate of drug-likeness (QED) is 0.145. The van der Waals surface area contributed by atoms with Gasteiger partial charge in [-0.25, -0.2) is 9.97 Å². The maximum absolute atomic E-state index is 5.23. The lowest BCUT2D eigenvalue weighted by atomic mass is 10.1. The van der Waals surface area contributed by atoms with Gasteiger partial charge in [-0.3, -0.25) is 4.98 Å². The van der Waals surface area contributed by atoms with Crippen LogP contribution in [0.25, 0.3) is 100 Å². The summed E-state index contributed by atoms with van der Waals surface area (Å²) in [7, 11) is 0. The molecule has 0 aliphatic rings. The summed E-state index contributed by atoms with van der Waals surface area (Å²) in [6.07, 6.45) is 1.95. The van der Waals surface area contributed by atoms with Crippen molar-refractivity contribution in [3.05, 3.63) is 255 Å². The molecule has 0 unspecified atom stereocenters. The summed E-state index contributed by atoms with van der Waals surface area (Å²) in [6.45, 7) is 0. The van der Waals surface area contributed by atoms with Gasteiger partial charge in [0.2, 0.25) is 0 Å². The number of hydrogen-bond donors (Lipinski definition) is 0. The fourth-order valence-corrected chi connectivity index (χ4v) is 9.97. The van der Waals surface area contributed by atoms with Crippen molar-refractivity contribution in [2.45, 2.75) is 0 Å². The second kappa shape index (κ2) is 16.8. The third kappa shape index (κ3) is 7.10. The SMILES string of the molecule is c1ccc(-c2cc(-c3ccc(-c4cc(-n5c6ccccc6c6ccccc65)cc(-n5c6ccccc6c6cc(N(c7ccccc7)c7ccccc7)ccc65)c4)nc3)nc(-c3ccccc3)n2)cc1. The molecule has 0 spiro atoms. The highest BCUT2D eigenvalue weighted by Crippen LogP contribution is 2.41. The zero-order chi connectivity index (χ0) is 45.7. The van der Waals surface area contributed by atoms with Gasteiger partial charge in [-0.15, -0.1) is 0 Å². The van der Waals surface area contributed by atoms with Crippen LogP contribution < -0.4 is 4.90 Å². The van der Waals surface area contributed by atoms with E-state index in [2.05, 4.69) is 226 Å². The minimum Gasteiger partial charge on any atom is -0.310 e. The lowest BCUT2D eigenvalue weighted by Crippen LogP contribution is -2.09. The van der Waals surface area contributed by atoms with E-state index in [0.29, 0.717) is 5.82 Å². The predicted octanol–water partition coefficient (Wildman–Crippen LogP) is 16.2. The van der Waals surface area contributed by atoms with Gasteiger partial charge in [-0.2, -0.15) is 0 Å². The van der Waals surface area contributed by atoms with Crippen molar-refractivity contribution in [3.8, 4) is 56.5 Å². The molecular formula is C63H42N6. The Morgan fingerprint density at radius 3 is 1.29 bits per heavy atom. The molecular weight excluding hydrogens is 841 g/mol. The van der Waals surface area contributed by atoms with Crippen LogP contribution in [0, 0.1) is 0 Å². The van der Waals surface area contributed by atoms with Gasteiger partial charge in [0.25, 0.3) is 0 Å². The molecule has 0 aliphatic heterocycles. The van der Waals surface area contributed by atoms with Crippen LogP contribution in [0.15, 0.2) is 255 Å². The molecule has 0 aliphatic carbocycles. The molecule has 4 heterocycles. The summed E-state index contributed by atoms with van der Waals surface area (Å²) >= 11 is 0. The highest BCUT2D eigenvalue weighted by atomic mass is 15.1. The van der Waals surface area contributed by atoms with Crippen LogP contribution in [0.1, 0.15) is 0 Å². The molecule has 9 aromatic carbocycles. The highest BCUT2D eigenvalue weighted by Gasteiger charge is 2.20. The summed E-state index contributed by atoms with van der Waals surface area (Å²) in [4.78, 5) is 17.7. The van der Waals surface area contributed by atoms with E-state index < -0.39 is 0 Å². The van der Waals surface area contributed by atoms with Crippen LogP contribution >= 0.6 is 0 Å². The average molecular weight is 883 g/mol. The molecule has 0 N–H and O–H groups in total. The van der Waals surface area contributed by atoms with Gasteiger partial charge >= 0.3 is 0 Å². The monoisotopic (exact) mass is 882 g/mol. The van der Waals surface area contributed by atoms with Crippen LogP contribution in [0.4, 0.5) is 17.1 Å². The zero-order valence-electron chi connectivity index (χ0n) is 37.4. The van der Waals surface area contributed by atoms with Crippen LogP contribution in [-0.4, -0.2) is 24.1 Å². The van der Waals surface area contributed by atoms with E-state index in [1.165, 1.54) is 21.5 Å². The van der Waals surface area contributed by atoms with E-state index in [0.717, 1.165) is 89.8 Å². The van der Waals surface area contributed by atoms with Gasteiger partial charge in [-0.1, -0.05) is 152 Å². The third-order valence-corrected chi connectivity index (χ3v) is 13.1. The van der Waals surface area contributed by atoms with E-state index in [1.54, 1.807) is 0 Å². The van der Waals surface area contributed by atoms with Gasteiger partial charge in [0.1, 0.15) is 0 Å². The number of benzene rings is 9. The van der Waals surface area contributed by atoms with Crippen molar-refractivity contribution in [3.63, 3.8) is 0 Å². The molecule has 0 saturated heterocycles. The summed E-state index contributed by atoms with van der Waals surface area (Å²) in [5, 5.41) is 4.77. The van der Waals surface area contributed by atoms with Gasteiger partial charge in [0.15, 0.2) is 5.82 Å². The van der Waals surface area contributed by atoms with Crippen LogP contribution in [0.2, 0.25) is 0 Å². The lowest BCUT2D eigenvalue weighted by Gasteiger charge is -2.25. The lowest BCUT2D eigenvalue weighted by molar-refractivity contribution is 1.13. The third-order valence-electron chi connectivity index (χ3n) is 13.1. The Bertz CT molecular complexity index is 3840. The van der Waals surface area contributed by atoms with Crippen molar-refractivity contribution in [2.75, 3.05) is 4.90 Å². The smallest absolute Gasteiger partial charge is 0.160 e. The second-order valence-corrected chi connectivity index (χ2v) is 17.3. The zero-order valence-corrected chi connectivity index (χ0v) is 37.4. The summed E-state index contributed by atoms with van der Waals surface area (Å²) in [5.41, 5.74) is 16.3. The first-order valence-electron chi connectivity index (χ1n) is 23.3. The molecule has 6 heteroatoms. The Morgan fingerprint density at radius 1 is 0.290 bits per heavy atom. The Morgan fingerprint density at radius 2 is 0.754 bits per heavy atom. The first-order chi connectivity index (χ1) is 34.2. The molecule has 0 bridgehead atoms. The number of hydrogen-bond acceptors (Lipinski definition) is 4. The molecule has 13 rings (SSSR count). The number of aromatic nitrogens is 5. The highest BCUT2D eigenvalue weighted by molar-refractivity contribution is 6.11. The summed E-state index contributed by atoms with van der Waals surface area (Å²) < 4.78 is 4.81. The molecule has 0 amide bonds. The van der Waals surface area contributed by atoms with E-state index in [-0.39, 0.29) is 0 Å². The number of nitrogens with zero attached hydrogens (tertiary/aromatic N) is 6. The topological polar surface area (TPSA) is 51.8 Å². The molecule has 13 aromatic rings. The summed E-state index contributed by atoms with van der Waals surface area (Å²) in [6, 6.07) is 87.8. The molecule has 0 fully saturated rings. The Hall–Kier alpha value is -9.39. The van der Waals surface area contributed by atoms with E-state index in [9.17, 15) is 0 Å². The van der Waals surface area contributed by atoms with Crippen molar-refractivity contribution < 1.29 is 0 Å². The first kappa shape index (κ1) is 39.9. The number of pyridine rings is 1. The van der Waals surface area contributed by atoms with Crippen LogP contribution in [0.5, 0.6) is 0 Å². The van der Waals surface area contributed by atoms with Crippen molar-refractivity contribution >= 4 is 60.7 Å². The second-order valence-electron chi connectivity index (χ2n) is 17.3. The van der Waals surface area contributed by atoms with E-state index >= 15 is 0 Å². The van der Waals surface area contributed by atoms with Gasteiger partial charge in [0, 0.05) is 78.4 Å².